The van der Waals surface area contributed by atoms with Gasteiger partial charge in [-0.05, 0) is 48.4 Å². The van der Waals surface area contributed by atoms with Crippen LogP contribution in [-0.2, 0) is 4.79 Å². The van der Waals surface area contributed by atoms with Crippen LogP contribution >= 0.6 is 23.2 Å². The van der Waals surface area contributed by atoms with Gasteiger partial charge >= 0.3 is 0 Å². The maximum atomic E-state index is 12.2. The number of halogens is 2. The maximum absolute atomic E-state index is 12.2. The van der Waals surface area contributed by atoms with Crippen LogP contribution < -0.4 is 20.1 Å². The average Bonchev–Trinajstić information content (AvgIpc) is 3.14. The lowest BCUT2D eigenvalue weighted by molar-refractivity contribution is -0.111. The molecule has 0 fully saturated rings. The SMILES string of the molecule is CCCNC(=O)c1ccc(NC(=O)/C=C/c2cc(Cl)c3c(c2)OCO3)cc1Cl. The second kappa shape index (κ2) is 8.99. The Kier molecular flexibility index (Phi) is 6.44. The Morgan fingerprint density at radius 2 is 1.96 bits per heavy atom. The quantitative estimate of drug-likeness (QED) is 0.673. The van der Waals surface area contributed by atoms with E-state index < -0.39 is 0 Å². The standard InChI is InChI=1S/C20H18Cl2N2O4/c1-2-7-23-20(26)14-5-4-13(10-15(14)21)24-18(25)6-3-12-8-16(22)19-17(9-12)27-11-28-19/h3-6,8-10H,2,7,11H2,1H3,(H,23,26)(H,24,25)/b6-3+. The second-order valence-electron chi connectivity index (χ2n) is 6.01. The van der Waals surface area contributed by atoms with Crippen molar-refractivity contribution in [3.05, 3.63) is 57.6 Å². The number of rotatable bonds is 6. The number of carbonyl (C=O) groups excluding carboxylic acids is 2. The zero-order valence-corrected chi connectivity index (χ0v) is 16.6. The zero-order valence-electron chi connectivity index (χ0n) is 15.1. The first-order valence-corrected chi connectivity index (χ1v) is 9.39. The minimum atomic E-state index is -0.354. The predicted molar refractivity (Wildman–Crippen MR) is 109 cm³/mol. The molecule has 0 unspecified atom stereocenters. The molecule has 146 valence electrons. The molecule has 0 aromatic heterocycles. The third-order valence-corrected chi connectivity index (χ3v) is 4.49. The van der Waals surface area contributed by atoms with Crippen LogP contribution in [0, 0.1) is 0 Å². The van der Waals surface area contributed by atoms with Gasteiger partial charge in [-0.15, -0.1) is 0 Å². The molecule has 0 bridgehead atoms. The van der Waals surface area contributed by atoms with Crippen molar-refractivity contribution in [3.8, 4) is 11.5 Å². The van der Waals surface area contributed by atoms with Gasteiger partial charge in [0, 0.05) is 18.3 Å². The maximum Gasteiger partial charge on any atom is 0.252 e. The molecular weight excluding hydrogens is 403 g/mol. The number of benzene rings is 2. The van der Waals surface area contributed by atoms with Crippen molar-refractivity contribution in [1.82, 2.24) is 5.32 Å². The average molecular weight is 421 g/mol. The van der Waals surface area contributed by atoms with E-state index >= 15 is 0 Å². The number of hydrogen-bond acceptors (Lipinski definition) is 4. The summed E-state index contributed by atoms with van der Waals surface area (Å²) in [6.45, 7) is 2.66. The molecule has 0 saturated carbocycles. The van der Waals surface area contributed by atoms with Gasteiger partial charge in [-0.2, -0.15) is 0 Å². The van der Waals surface area contributed by atoms with Crippen LogP contribution in [0.1, 0.15) is 29.3 Å². The minimum Gasteiger partial charge on any atom is -0.454 e. The van der Waals surface area contributed by atoms with Gasteiger partial charge in [0.2, 0.25) is 12.7 Å². The van der Waals surface area contributed by atoms with E-state index in [0.717, 1.165) is 6.42 Å². The fraction of sp³-hybridized carbons (Fsp3) is 0.200. The highest BCUT2D eigenvalue weighted by molar-refractivity contribution is 6.34. The summed E-state index contributed by atoms with van der Waals surface area (Å²) in [7, 11) is 0. The van der Waals surface area contributed by atoms with Gasteiger partial charge < -0.3 is 20.1 Å². The Bertz CT molecular complexity index is 944. The smallest absolute Gasteiger partial charge is 0.252 e. The van der Waals surface area contributed by atoms with Crippen molar-refractivity contribution in [1.29, 1.82) is 0 Å². The molecule has 0 aliphatic carbocycles. The highest BCUT2D eigenvalue weighted by Crippen LogP contribution is 2.40. The van der Waals surface area contributed by atoms with Gasteiger partial charge in [-0.25, -0.2) is 0 Å². The number of amides is 2. The normalized spacial score (nSPS) is 12.2. The molecule has 2 aromatic rings. The molecule has 0 spiro atoms. The van der Waals surface area contributed by atoms with E-state index in [1.165, 1.54) is 12.1 Å². The third-order valence-electron chi connectivity index (χ3n) is 3.89. The van der Waals surface area contributed by atoms with E-state index in [4.69, 9.17) is 32.7 Å². The fourth-order valence-electron chi connectivity index (χ4n) is 2.55. The molecule has 6 nitrogen and oxygen atoms in total. The van der Waals surface area contributed by atoms with Crippen molar-refractivity contribution >= 4 is 46.8 Å². The number of fused-ring (bicyclic) bond motifs is 1. The molecule has 1 heterocycles. The van der Waals surface area contributed by atoms with Crippen LogP contribution in [0.4, 0.5) is 5.69 Å². The first-order valence-electron chi connectivity index (χ1n) is 8.64. The summed E-state index contributed by atoms with van der Waals surface area (Å²) in [6.07, 6.45) is 3.80. The molecule has 1 aliphatic heterocycles. The molecule has 0 radical (unpaired) electrons. The zero-order chi connectivity index (χ0) is 20.1. The lowest BCUT2D eigenvalue weighted by Gasteiger charge is -2.08. The first-order chi connectivity index (χ1) is 13.5. The van der Waals surface area contributed by atoms with Gasteiger partial charge in [0.1, 0.15) is 0 Å². The Balaban J connectivity index is 1.65. The molecule has 3 rings (SSSR count). The summed E-state index contributed by atoms with van der Waals surface area (Å²) < 4.78 is 10.6. The van der Waals surface area contributed by atoms with E-state index in [9.17, 15) is 9.59 Å². The summed E-state index contributed by atoms with van der Waals surface area (Å²) in [5.41, 5.74) is 1.54. The van der Waals surface area contributed by atoms with Crippen molar-refractivity contribution in [2.75, 3.05) is 18.7 Å². The Hall–Kier alpha value is -2.70. The minimum absolute atomic E-state index is 0.121. The van der Waals surface area contributed by atoms with Crippen molar-refractivity contribution < 1.29 is 19.1 Å². The monoisotopic (exact) mass is 420 g/mol. The predicted octanol–water partition coefficient (Wildman–Crippen LogP) is 4.51. The first kappa shape index (κ1) is 20.0. The van der Waals surface area contributed by atoms with E-state index in [1.54, 1.807) is 30.3 Å². The second-order valence-corrected chi connectivity index (χ2v) is 6.82. The van der Waals surface area contributed by atoms with E-state index in [2.05, 4.69) is 10.6 Å². The van der Waals surface area contributed by atoms with E-state index in [1.807, 2.05) is 6.92 Å². The summed E-state index contributed by atoms with van der Waals surface area (Å²) in [5, 5.41) is 6.13. The van der Waals surface area contributed by atoms with Gasteiger partial charge in [0.25, 0.3) is 5.91 Å². The van der Waals surface area contributed by atoms with Gasteiger partial charge in [-0.3, -0.25) is 9.59 Å². The van der Waals surface area contributed by atoms with Crippen LogP contribution in [0.15, 0.2) is 36.4 Å². The summed E-state index contributed by atoms with van der Waals surface area (Å²) in [4.78, 5) is 24.2. The molecule has 0 atom stereocenters. The van der Waals surface area contributed by atoms with E-state index in [-0.39, 0.29) is 23.6 Å². The molecule has 1 aliphatic rings. The lowest BCUT2D eigenvalue weighted by atomic mass is 10.1. The fourth-order valence-corrected chi connectivity index (χ4v) is 3.09. The molecule has 28 heavy (non-hydrogen) atoms. The van der Waals surface area contributed by atoms with E-state index in [0.29, 0.717) is 39.9 Å². The topological polar surface area (TPSA) is 76.7 Å². The molecule has 2 N–H and O–H groups in total. The van der Waals surface area contributed by atoms with Crippen molar-refractivity contribution in [2.24, 2.45) is 0 Å². The van der Waals surface area contributed by atoms with Gasteiger partial charge in [0.15, 0.2) is 11.5 Å². The van der Waals surface area contributed by atoms with Crippen LogP contribution in [-0.4, -0.2) is 25.2 Å². The number of ether oxygens (including phenoxy) is 2. The Morgan fingerprint density at radius 1 is 1.14 bits per heavy atom. The summed E-state index contributed by atoms with van der Waals surface area (Å²) in [6, 6.07) is 8.14. The number of anilines is 1. The number of nitrogens with one attached hydrogen (secondary N) is 2. The number of carbonyl (C=O) groups is 2. The Labute approximate surface area is 172 Å². The molecule has 0 saturated heterocycles. The van der Waals surface area contributed by atoms with Crippen LogP contribution in [0.25, 0.3) is 6.08 Å². The Morgan fingerprint density at radius 3 is 2.71 bits per heavy atom. The van der Waals surface area contributed by atoms with Crippen molar-refractivity contribution in [2.45, 2.75) is 13.3 Å². The molecule has 2 aromatic carbocycles. The highest BCUT2D eigenvalue weighted by atomic mass is 35.5. The van der Waals surface area contributed by atoms with Crippen molar-refractivity contribution in [3.63, 3.8) is 0 Å². The largest absolute Gasteiger partial charge is 0.454 e. The van der Waals surface area contributed by atoms with Crippen LogP contribution in [0.5, 0.6) is 11.5 Å². The number of hydrogen-bond donors (Lipinski definition) is 2. The summed E-state index contributed by atoms with van der Waals surface area (Å²) in [5.74, 6) is 0.439. The van der Waals surface area contributed by atoms with Crippen LogP contribution in [0.3, 0.4) is 0 Å². The van der Waals surface area contributed by atoms with Gasteiger partial charge in [-0.1, -0.05) is 30.1 Å². The lowest BCUT2D eigenvalue weighted by Crippen LogP contribution is -2.24. The molecular formula is C20H18Cl2N2O4. The highest BCUT2D eigenvalue weighted by Gasteiger charge is 2.17. The van der Waals surface area contributed by atoms with Crippen LogP contribution in [0.2, 0.25) is 10.0 Å². The van der Waals surface area contributed by atoms with Gasteiger partial charge in [0.05, 0.1) is 15.6 Å². The molecule has 2 amide bonds. The molecule has 8 heteroatoms. The summed E-state index contributed by atoms with van der Waals surface area (Å²) >= 11 is 12.3. The third kappa shape index (κ3) is 4.77.